The van der Waals surface area contributed by atoms with Gasteiger partial charge in [-0.1, -0.05) is 13.8 Å². The number of amides is 1. The minimum absolute atomic E-state index is 0.0852. The molecule has 0 atom stereocenters. The lowest BCUT2D eigenvalue weighted by atomic mass is 9.98. The number of carbonyl (C=O) groups excluding carboxylic acids is 1. The number of aryl methyl sites for hydroxylation is 1. The van der Waals surface area contributed by atoms with Crippen LogP contribution in [0.15, 0.2) is 18.2 Å². The molecule has 0 fully saturated rings. The first-order chi connectivity index (χ1) is 9.33. The van der Waals surface area contributed by atoms with Gasteiger partial charge in [0.1, 0.15) is 0 Å². The van der Waals surface area contributed by atoms with E-state index in [1.54, 1.807) is 0 Å². The molecule has 1 amide bonds. The van der Waals surface area contributed by atoms with E-state index >= 15 is 0 Å². The normalized spacial score (nSPS) is 11.3. The van der Waals surface area contributed by atoms with Crippen molar-refractivity contribution in [2.75, 3.05) is 18.9 Å². The predicted molar refractivity (Wildman–Crippen MR) is 86.4 cm³/mol. The van der Waals surface area contributed by atoms with Crippen molar-refractivity contribution in [1.82, 2.24) is 4.90 Å². The topological polar surface area (TPSA) is 32.3 Å². The van der Waals surface area contributed by atoms with Gasteiger partial charge in [0.05, 0.1) is 0 Å². The van der Waals surface area contributed by atoms with E-state index in [0.29, 0.717) is 0 Å². The number of hydrogen-bond donors (Lipinski definition) is 1. The third-order valence-electron chi connectivity index (χ3n) is 4.12. The molecule has 20 heavy (non-hydrogen) atoms. The summed E-state index contributed by atoms with van der Waals surface area (Å²) in [6.07, 6.45) is 2.03. The first-order valence-corrected chi connectivity index (χ1v) is 7.46. The van der Waals surface area contributed by atoms with Crippen LogP contribution < -0.4 is 5.32 Å². The molecule has 1 rings (SSSR count). The Balaban J connectivity index is 2.92. The highest BCUT2D eigenvalue weighted by Crippen LogP contribution is 2.22. The molecule has 0 heterocycles. The molecule has 112 valence electrons. The number of hydrogen-bond acceptors (Lipinski definition) is 2. The summed E-state index contributed by atoms with van der Waals surface area (Å²) in [7, 11) is 1.88. The zero-order chi connectivity index (χ0) is 15.3. The molecule has 0 aromatic heterocycles. The van der Waals surface area contributed by atoms with Crippen molar-refractivity contribution in [2.45, 2.75) is 53.0 Å². The second-order valence-electron chi connectivity index (χ2n) is 5.99. The molecule has 0 bridgehead atoms. The highest BCUT2D eigenvalue weighted by molar-refractivity contribution is 5.95. The van der Waals surface area contributed by atoms with Gasteiger partial charge in [-0.3, -0.25) is 4.79 Å². The minimum Gasteiger partial charge on any atom is -0.385 e. The van der Waals surface area contributed by atoms with E-state index in [0.717, 1.165) is 36.2 Å². The minimum atomic E-state index is -0.121. The second-order valence-corrected chi connectivity index (χ2v) is 5.99. The number of rotatable bonds is 6. The molecule has 0 aliphatic heterocycles. The lowest BCUT2D eigenvalue weighted by molar-refractivity contribution is 0.0620. The van der Waals surface area contributed by atoms with Gasteiger partial charge < -0.3 is 10.2 Å². The number of anilines is 1. The lowest BCUT2D eigenvalue weighted by Crippen LogP contribution is -2.44. The molecule has 0 saturated heterocycles. The lowest BCUT2D eigenvalue weighted by Gasteiger charge is -2.35. The van der Waals surface area contributed by atoms with Gasteiger partial charge in [0, 0.05) is 30.4 Å². The Hall–Kier alpha value is -1.51. The SMILES string of the molecule is CCCNc1ccc(C(=O)N(C)C(C)(C)CC)cc1C. The fourth-order valence-corrected chi connectivity index (χ4v) is 1.96. The second kappa shape index (κ2) is 6.78. The summed E-state index contributed by atoms with van der Waals surface area (Å²) >= 11 is 0. The Morgan fingerprint density at radius 3 is 2.45 bits per heavy atom. The summed E-state index contributed by atoms with van der Waals surface area (Å²) in [6.45, 7) is 11.4. The van der Waals surface area contributed by atoms with Gasteiger partial charge >= 0.3 is 0 Å². The van der Waals surface area contributed by atoms with Crippen LogP contribution in [0.4, 0.5) is 5.69 Å². The zero-order valence-electron chi connectivity index (χ0n) is 13.7. The molecular weight excluding hydrogens is 248 g/mol. The van der Waals surface area contributed by atoms with E-state index < -0.39 is 0 Å². The van der Waals surface area contributed by atoms with Crippen LogP contribution in [0.2, 0.25) is 0 Å². The summed E-state index contributed by atoms with van der Waals surface area (Å²) < 4.78 is 0. The molecule has 3 nitrogen and oxygen atoms in total. The van der Waals surface area contributed by atoms with Gasteiger partial charge in [-0.25, -0.2) is 0 Å². The maximum Gasteiger partial charge on any atom is 0.254 e. The van der Waals surface area contributed by atoms with Crippen molar-refractivity contribution in [3.05, 3.63) is 29.3 Å². The molecule has 1 N–H and O–H groups in total. The van der Waals surface area contributed by atoms with E-state index in [1.807, 2.05) is 37.1 Å². The third-order valence-corrected chi connectivity index (χ3v) is 4.12. The van der Waals surface area contributed by atoms with Crippen LogP contribution in [0.5, 0.6) is 0 Å². The van der Waals surface area contributed by atoms with Crippen LogP contribution in [0, 0.1) is 6.92 Å². The van der Waals surface area contributed by atoms with Crippen LogP contribution in [0.3, 0.4) is 0 Å². The van der Waals surface area contributed by atoms with Gasteiger partial charge in [-0.15, -0.1) is 0 Å². The molecule has 0 radical (unpaired) electrons. The van der Waals surface area contributed by atoms with Crippen molar-refractivity contribution in [1.29, 1.82) is 0 Å². The van der Waals surface area contributed by atoms with Crippen LogP contribution >= 0.6 is 0 Å². The van der Waals surface area contributed by atoms with E-state index in [2.05, 4.69) is 33.0 Å². The maximum absolute atomic E-state index is 12.5. The summed E-state index contributed by atoms with van der Waals surface area (Å²) in [5.74, 6) is 0.0852. The highest BCUT2D eigenvalue weighted by Gasteiger charge is 2.26. The van der Waals surface area contributed by atoms with Crippen LogP contribution in [0.25, 0.3) is 0 Å². The number of nitrogens with zero attached hydrogens (tertiary/aromatic N) is 1. The Bertz CT molecular complexity index is 466. The quantitative estimate of drug-likeness (QED) is 0.849. The monoisotopic (exact) mass is 276 g/mol. The van der Waals surface area contributed by atoms with E-state index in [1.165, 1.54) is 0 Å². The maximum atomic E-state index is 12.5. The van der Waals surface area contributed by atoms with Crippen molar-refractivity contribution < 1.29 is 4.79 Å². The van der Waals surface area contributed by atoms with E-state index in [4.69, 9.17) is 0 Å². The number of nitrogens with one attached hydrogen (secondary N) is 1. The van der Waals surface area contributed by atoms with Crippen molar-refractivity contribution in [3.63, 3.8) is 0 Å². The van der Waals surface area contributed by atoms with Gasteiger partial charge in [-0.05, 0) is 57.4 Å². The highest BCUT2D eigenvalue weighted by atomic mass is 16.2. The van der Waals surface area contributed by atoms with E-state index in [9.17, 15) is 4.79 Å². The van der Waals surface area contributed by atoms with Crippen molar-refractivity contribution >= 4 is 11.6 Å². The van der Waals surface area contributed by atoms with E-state index in [-0.39, 0.29) is 11.4 Å². The first kappa shape index (κ1) is 16.5. The standard InChI is InChI=1S/C17H28N2O/c1-7-11-18-15-10-9-14(12-13(15)3)16(20)19(6)17(4,5)8-2/h9-10,12,18H,7-8,11H2,1-6H3. The predicted octanol–water partition coefficient (Wildman–Crippen LogP) is 4.08. The molecule has 0 unspecified atom stereocenters. The fourth-order valence-electron chi connectivity index (χ4n) is 1.96. The average molecular weight is 276 g/mol. The van der Waals surface area contributed by atoms with Gasteiger partial charge in [0.25, 0.3) is 5.91 Å². The molecule has 0 saturated carbocycles. The Morgan fingerprint density at radius 1 is 1.30 bits per heavy atom. The third kappa shape index (κ3) is 3.75. The Labute approximate surface area is 123 Å². The van der Waals surface area contributed by atoms with Crippen molar-refractivity contribution in [2.24, 2.45) is 0 Å². The number of benzene rings is 1. The average Bonchev–Trinajstić information content (AvgIpc) is 2.44. The van der Waals surface area contributed by atoms with Gasteiger partial charge in [-0.2, -0.15) is 0 Å². The zero-order valence-corrected chi connectivity index (χ0v) is 13.7. The van der Waals surface area contributed by atoms with Gasteiger partial charge in [0.2, 0.25) is 0 Å². The molecular formula is C17H28N2O. The molecule has 0 aliphatic rings. The molecule has 3 heteroatoms. The van der Waals surface area contributed by atoms with Crippen LogP contribution in [-0.2, 0) is 0 Å². The molecule has 0 aliphatic carbocycles. The summed E-state index contributed by atoms with van der Waals surface area (Å²) in [6, 6.07) is 5.89. The van der Waals surface area contributed by atoms with Crippen LogP contribution in [-0.4, -0.2) is 29.9 Å². The molecule has 1 aromatic rings. The molecule has 1 aromatic carbocycles. The summed E-state index contributed by atoms with van der Waals surface area (Å²) in [5.41, 5.74) is 2.87. The largest absolute Gasteiger partial charge is 0.385 e. The fraction of sp³-hybridized carbons (Fsp3) is 0.588. The van der Waals surface area contributed by atoms with Gasteiger partial charge in [0.15, 0.2) is 0 Å². The Kier molecular flexibility index (Phi) is 5.61. The summed E-state index contributed by atoms with van der Waals surface area (Å²) in [5, 5.41) is 3.37. The first-order valence-electron chi connectivity index (χ1n) is 7.46. The van der Waals surface area contributed by atoms with Crippen LogP contribution in [0.1, 0.15) is 56.5 Å². The molecule has 0 spiro atoms. The number of carbonyl (C=O) groups is 1. The summed E-state index contributed by atoms with van der Waals surface area (Å²) in [4.78, 5) is 14.4. The van der Waals surface area contributed by atoms with Crippen molar-refractivity contribution in [3.8, 4) is 0 Å². The Morgan fingerprint density at radius 2 is 1.95 bits per heavy atom. The smallest absolute Gasteiger partial charge is 0.254 e.